The monoisotopic (exact) mass is 268 g/mol. The van der Waals surface area contributed by atoms with Gasteiger partial charge in [-0.05, 0) is 12.1 Å². The molecular formula is C10H9F5N2O. The molecule has 0 aromatic heterocycles. The summed E-state index contributed by atoms with van der Waals surface area (Å²) in [4.78, 5) is 11.4. The molecule has 0 saturated heterocycles. The van der Waals surface area contributed by atoms with Crippen molar-refractivity contribution in [2.24, 2.45) is 0 Å². The molecule has 3 nitrogen and oxygen atoms in total. The van der Waals surface area contributed by atoms with E-state index in [1.54, 1.807) is 5.32 Å². The molecule has 0 atom stereocenters. The number of alkyl halides is 4. The molecule has 1 aromatic rings. The minimum absolute atomic E-state index is 0.389. The standard InChI is InChI=1S/C10H9F5N2O/c11-6-3-1-2-5(7(6)16)8(18)17-4-10(14,15)9(12)13/h1-3,9H,4,16H2,(H,17,18). The zero-order valence-electron chi connectivity index (χ0n) is 8.89. The molecule has 18 heavy (non-hydrogen) atoms. The molecule has 0 bridgehead atoms. The van der Waals surface area contributed by atoms with Crippen molar-refractivity contribution < 1.29 is 26.7 Å². The molecule has 0 spiro atoms. The van der Waals surface area contributed by atoms with Gasteiger partial charge in [-0.25, -0.2) is 13.2 Å². The van der Waals surface area contributed by atoms with Crippen LogP contribution in [0.2, 0.25) is 0 Å². The van der Waals surface area contributed by atoms with Crippen LogP contribution in [0.1, 0.15) is 10.4 Å². The quantitative estimate of drug-likeness (QED) is 0.648. The maximum Gasteiger partial charge on any atom is 0.324 e. The normalized spacial score (nSPS) is 11.7. The van der Waals surface area contributed by atoms with Crippen molar-refractivity contribution in [1.82, 2.24) is 5.32 Å². The smallest absolute Gasteiger partial charge is 0.324 e. The van der Waals surface area contributed by atoms with Gasteiger partial charge in [0.1, 0.15) is 5.82 Å². The van der Waals surface area contributed by atoms with Gasteiger partial charge in [0.15, 0.2) is 0 Å². The maximum absolute atomic E-state index is 13.0. The van der Waals surface area contributed by atoms with Gasteiger partial charge in [0, 0.05) is 0 Å². The Balaban J connectivity index is 2.75. The fourth-order valence-corrected chi connectivity index (χ4v) is 1.11. The Hall–Kier alpha value is -1.86. The van der Waals surface area contributed by atoms with Gasteiger partial charge in [0.25, 0.3) is 5.91 Å². The second-order valence-electron chi connectivity index (χ2n) is 3.45. The first-order chi connectivity index (χ1) is 8.25. The topological polar surface area (TPSA) is 55.1 Å². The van der Waals surface area contributed by atoms with Crippen LogP contribution < -0.4 is 11.1 Å². The summed E-state index contributed by atoms with van der Waals surface area (Å²) >= 11 is 0. The molecule has 8 heteroatoms. The van der Waals surface area contributed by atoms with Gasteiger partial charge in [-0.2, -0.15) is 8.78 Å². The van der Waals surface area contributed by atoms with E-state index in [1.165, 1.54) is 0 Å². The molecule has 0 radical (unpaired) electrons. The SMILES string of the molecule is Nc1c(F)cccc1C(=O)NCC(F)(F)C(F)F. The van der Waals surface area contributed by atoms with Crippen molar-refractivity contribution in [3.8, 4) is 0 Å². The van der Waals surface area contributed by atoms with Crippen LogP contribution in [-0.2, 0) is 0 Å². The summed E-state index contributed by atoms with van der Waals surface area (Å²) in [5, 5.41) is 1.57. The number of para-hydroxylation sites is 1. The van der Waals surface area contributed by atoms with Gasteiger partial charge in [-0.15, -0.1) is 0 Å². The number of anilines is 1. The summed E-state index contributed by atoms with van der Waals surface area (Å²) in [6, 6.07) is 3.21. The summed E-state index contributed by atoms with van der Waals surface area (Å²) in [5.74, 6) is -6.40. The van der Waals surface area contributed by atoms with Crippen LogP contribution in [0, 0.1) is 5.82 Å². The summed E-state index contributed by atoms with van der Waals surface area (Å²) in [6.07, 6.45) is -3.90. The average Bonchev–Trinajstić information content (AvgIpc) is 2.29. The van der Waals surface area contributed by atoms with Crippen molar-refractivity contribution in [2.75, 3.05) is 12.3 Å². The fraction of sp³-hybridized carbons (Fsp3) is 0.300. The highest BCUT2D eigenvalue weighted by Gasteiger charge is 2.40. The lowest BCUT2D eigenvalue weighted by atomic mass is 10.1. The minimum atomic E-state index is -4.35. The van der Waals surface area contributed by atoms with Gasteiger partial charge in [-0.1, -0.05) is 6.07 Å². The van der Waals surface area contributed by atoms with Gasteiger partial charge < -0.3 is 11.1 Å². The second kappa shape index (κ2) is 5.19. The van der Waals surface area contributed by atoms with E-state index in [0.717, 1.165) is 18.2 Å². The van der Waals surface area contributed by atoms with Gasteiger partial charge in [-0.3, -0.25) is 4.79 Å². The van der Waals surface area contributed by atoms with Gasteiger partial charge >= 0.3 is 12.3 Å². The summed E-state index contributed by atoms with van der Waals surface area (Å²) in [5.41, 5.74) is 4.29. The number of amides is 1. The lowest BCUT2D eigenvalue weighted by Crippen LogP contribution is -2.41. The highest BCUT2D eigenvalue weighted by Crippen LogP contribution is 2.22. The zero-order valence-corrected chi connectivity index (χ0v) is 8.89. The molecule has 100 valence electrons. The van der Waals surface area contributed by atoms with E-state index in [0.29, 0.717) is 0 Å². The third-order valence-corrected chi connectivity index (χ3v) is 2.10. The molecule has 0 aliphatic heterocycles. The molecule has 0 heterocycles. The Labute approximate surface area is 98.8 Å². The first-order valence-electron chi connectivity index (χ1n) is 4.74. The molecule has 0 aliphatic rings. The van der Waals surface area contributed by atoms with Crippen molar-refractivity contribution in [3.63, 3.8) is 0 Å². The predicted octanol–water partition coefficient (Wildman–Crippen LogP) is 2.04. The van der Waals surface area contributed by atoms with E-state index < -0.39 is 36.3 Å². The van der Waals surface area contributed by atoms with Crippen molar-refractivity contribution in [3.05, 3.63) is 29.6 Å². The highest BCUT2D eigenvalue weighted by molar-refractivity contribution is 5.99. The van der Waals surface area contributed by atoms with Gasteiger partial charge in [0.2, 0.25) is 0 Å². The van der Waals surface area contributed by atoms with Crippen molar-refractivity contribution in [2.45, 2.75) is 12.3 Å². The number of nitrogens with two attached hydrogens (primary N) is 1. The molecule has 1 rings (SSSR count). The molecule has 1 aromatic carbocycles. The number of hydrogen-bond acceptors (Lipinski definition) is 2. The lowest BCUT2D eigenvalue weighted by Gasteiger charge is -2.16. The minimum Gasteiger partial charge on any atom is -0.396 e. The predicted molar refractivity (Wildman–Crippen MR) is 54.1 cm³/mol. The first-order valence-corrected chi connectivity index (χ1v) is 4.74. The van der Waals surface area contributed by atoms with Crippen LogP contribution in [0.3, 0.4) is 0 Å². The number of halogens is 5. The summed E-state index contributed by atoms with van der Waals surface area (Å²) in [7, 11) is 0. The Bertz CT molecular complexity index is 450. The molecule has 0 unspecified atom stereocenters. The van der Waals surface area contributed by atoms with Crippen LogP contribution in [-0.4, -0.2) is 24.8 Å². The molecule has 0 fully saturated rings. The van der Waals surface area contributed by atoms with E-state index in [1.807, 2.05) is 0 Å². The van der Waals surface area contributed by atoms with Crippen LogP contribution in [0.5, 0.6) is 0 Å². The van der Waals surface area contributed by atoms with E-state index in [-0.39, 0.29) is 5.56 Å². The van der Waals surface area contributed by atoms with E-state index in [9.17, 15) is 26.7 Å². The van der Waals surface area contributed by atoms with Crippen molar-refractivity contribution in [1.29, 1.82) is 0 Å². The molecular weight excluding hydrogens is 259 g/mol. The van der Waals surface area contributed by atoms with E-state index >= 15 is 0 Å². The zero-order chi connectivity index (χ0) is 13.9. The number of carbonyl (C=O) groups is 1. The summed E-state index contributed by atoms with van der Waals surface area (Å²) < 4.78 is 61.7. The number of benzene rings is 1. The number of rotatable bonds is 4. The van der Waals surface area contributed by atoms with Gasteiger partial charge in [0.05, 0.1) is 17.8 Å². The van der Waals surface area contributed by atoms with Crippen LogP contribution in [0.15, 0.2) is 18.2 Å². The Kier molecular flexibility index (Phi) is 4.10. The van der Waals surface area contributed by atoms with Crippen LogP contribution in [0.4, 0.5) is 27.6 Å². The Morgan fingerprint density at radius 1 is 1.39 bits per heavy atom. The average molecular weight is 268 g/mol. The largest absolute Gasteiger partial charge is 0.396 e. The number of nitrogens with one attached hydrogen (secondary N) is 1. The molecule has 0 aliphatic carbocycles. The second-order valence-corrected chi connectivity index (χ2v) is 3.45. The van der Waals surface area contributed by atoms with Crippen LogP contribution in [0.25, 0.3) is 0 Å². The Morgan fingerprint density at radius 3 is 2.56 bits per heavy atom. The third kappa shape index (κ3) is 3.08. The highest BCUT2D eigenvalue weighted by atomic mass is 19.3. The summed E-state index contributed by atoms with van der Waals surface area (Å²) in [6.45, 7) is -1.56. The lowest BCUT2D eigenvalue weighted by molar-refractivity contribution is -0.123. The number of nitrogen functional groups attached to an aromatic ring is 1. The molecule has 1 amide bonds. The van der Waals surface area contributed by atoms with E-state index in [4.69, 9.17) is 5.73 Å². The third-order valence-electron chi connectivity index (χ3n) is 2.10. The molecule has 0 saturated carbocycles. The van der Waals surface area contributed by atoms with Crippen LogP contribution >= 0.6 is 0 Å². The number of carbonyl (C=O) groups excluding carboxylic acids is 1. The maximum atomic E-state index is 13.0. The first kappa shape index (κ1) is 14.2. The Morgan fingerprint density at radius 2 is 2.00 bits per heavy atom. The fourth-order valence-electron chi connectivity index (χ4n) is 1.11. The van der Waals surface area contributed by atoms with Crippen molar-refractivity contribution >= 4 is 11.6 Å². The number of hydrogen-bond donors (Lipinski definition) is 2. The van der Waals surface area contributed by atoms with E-state index in [2.05, 4.69) is 0 Å². The molecule has 3 N–H and O–H groups in total.